The fraction of sp³-hybridized carbons (Fsp3) is 0.200. The summed E-state index contributed by atoms with van der Waals surface area (Å²) in [4.78, 5) is 21.5. The number of anilines is 2. The zero-order chi connectivity index (χ0) is 14.6. The van der Waals surface area contributed by atoms with Crippen LogP contribution >= 0.6 is 11.6 Å². The molecule has 7 nitrogen and oxygen atoms in total. The van der Waals surface area contributed by atoms with Gasteiger partial charge in [-0.05, 0) is 18.2 Å². The number of amides is 1. The number of rotatable bonds is 5. The third kappa shape index (κ3) is 5.58. The van der Waals surface area contributed by atoms with Crippen LogP contribution in [0.5, 0.6) is 0 Å². The van der Waals surface area contributed by atoms with Gasteiger partial charge in [0.1, 0.15) is 6.42 Å². The number of carbonyl (C=O) groups excluding carboxylic acids is 1. The van der Waals surface area contributed by atoms with Crippen LogP contribution < -0.4 is 10.0 Å². The van der Waals surface area contributed by atoms with Gasteiger partial charge in [0.15, 0.2) is 0 Å². The summed E-state index contributed by atoms with van der Waals surface area (Å²) < 4.78 is 24.3. The highest BCUT2D eigenvalue weighted by Gasteiger charge is 2.10. The summed E-state index contributed by atoms with van der Waals surface area (Å²) >= 11 is 5.83. The number of hydrogen-bond donors (Lipinski definition) is 3. The number of carbonyl (C=O) groups is 2. The molecule has 0 bridgehead atoms. The van der Waals surface area contributed by atoms with E-state index in [1.54, 1.807) is 0 Å². The second-order valence-corrected chi connectivity index (χ2v) is 5.84. The molecule has 0 aliphatic heterocycles. The van der Waals surface area contributed by atoms with Crippen LogP contribution in [0.1, 0.15) is 6.42 Å². The Bertz CT molecular complexity index is 614. The van der Waals surface area contributed by atoms with Gasteiger partial charge >= 0.3 is 5.97 Å². The van der Waals surface area contributed by atoms with Crippen molar-refractivity contribution in [1.29, 1.82) is 0 Å². The molecule has 0 aliphatic rings. The number of sulfonamides is 1. The van der Waals surface area contributed by atoms with Crippen molar-refractivity contribution in [2.45, 2.75) is 6.42 Å². The minimum atomic E-state index is -3.45. The van der Waals surface area contributed by atoms with Gasteiger partial charge in [-0.2, -0.15) is 0 Å². The summed E-state index contributed by atoms with van der Waals surface area (Å²) in [6.07, 6.45) is 0.312. The third-order valence-corrected chi connectivity index (χ3v) is 2.76. The lowest BCUT2D eigenvalue weighted by molar-refractivity contribution is -0.139. The molecular formula is C10H11ClN2O5S. The highest BCUT2D eigenvalue weighted by Crippen LogP contribution is 2.26. The van der Waals surface area contributed by atoms with E-state index in [9.17, 15) is 18.0 Å². The Kier molecular flexibility index (Phi) is 4.73. The van der Waals surface area contributed by atoms with Crippen molar-refractivity contribution in [3.8, 4) is 0 Å². The molecule has 0 fully saturated rings. The first kappa shape index (κ1) is 15.3. The van der Waals surface area contributed by atoms with Gasteiger partial charge in [-0.15, -0.1) is 0 Å². The molecule has 1 amide bonds. The van der Waals surface area contributed by atoms with Crippen molar-refractivity contribution >= 4 is 44.9 Å². The molecule has 19 heavy (non-hydrogen) atoms. The number of nitrogens with one attached hydrogen (secondary N) is 2. The molecule has 3 N–H and O–H groups in total. The van der Waals surface area contributed by atoms with E-state index in [0.717, 1.165) is 6.26 Å². The van der Waals surface area contributed by atoms with Crippen molar-refractivity contribution in [1.82, 2.24) is 0 Å². The molecule has 0 aromatic heterocycles. The highest BCUT2D eigenvalue weighted by atomic mass is 35.5. The number of carboxylic acids is 1. The van der Waals surface area contributed by atoms with Crippen molar-refractivity contribution < 1.29 is 23.1 Å². The average molecular weight is 307 g/mol. The van der Waals surface area contributed by atoms with Crippen LogP contribution in [-0.2, 0) is 19.6 Å². The monoisotopic (exact) mass is 306 g/mol. The zero-order valence-corrected chi connectivity index (χ0v) is 11.4. The van der Waals surface area contributed by atoms with Crippen LogP contribution in [0.2, 0.25) is 5.02 Å². The quantitative estimate of drug-likeness (QED) is 0.706. The Labute approximate surface area is 114 Å². The molecule has 0 spiro atoms. The summed E-state index contributed by atoms with van der Waals surface area (Å²) in [6, 6.07) is 4.08. The Balaban J connectivity index is 2.82. The predicted molar refractivity (Wildman–Crippen MR) is 70.8 cm³/mol. The fourth-order valence-electron chi connectivity index (χ4n) is 1.22. The molecule has 0 unspecified atom stereocenters. The van der Waals surface area contributed by atoms with E-state index < -0.39 is 28.3 Å². The zero-order valence-electron chi connectivity index (χ0n) is 9.81. The lowest BCUT2D eigenvalue weighted by Crippen LogP contribution is -2.16. The molecule has 0 saturated carbocycles. The molecule has 0 aliphatic carbocycles. The Morgan fingerprint density at radius 1 is 1.37 bits per heavy atom. The smallest absolute Gasteiger partial charge is 0.312 e. The van der Waals surface area contributed by atoms with Crippen LogP contribution in [0, 0.1) is 0 Å². The van der Waals surface area contributed by atoms with Crippen LogP contribution in [0.4, 0.5) is 11.4 Å². The molecule has 0 atom stereocenters. The van der Waals surface area contributed by atoms with Crippen molar-refractivity contribution in [3.63, 3.8) is 0 Å². The molecule has 9 heteroatoms. The van der Waals surface area contributed by atoms with Gasteiger partial charge in [0.2, 0.25) is 15.9 Å². The van der Waals surface area contributed by atoms with Crippen LogP contribution in [-0.4, -0.2) is 31.7 Å². The Morgan fingerprint density at radius 3 is 2.47 bits per heavy atom. The number of carboxylic acid groups (broad SMARTS) is 1. The largest absolute Gasteiger partial charge is 0.481 e. The lowest BCUT2D eigenvalue weighted by atomic mass is 10.2. The molecule has 0 heterocycles. The standard InChI is InChI=1S/C10H11ClN2O5S/c1-19(17,18)13-8-3-2-6(4-7(8)11)12-9(14)5-10(15)16/h2-4,13H,5H2,1H3,(H,12,14)(H,15,16). The highest BCUT2D eigenvalue weighted by molar-refractivity contribution is 7.92. The molecule has 1 aromatic carbocycles. The summed E-state index contributed by atoms with van der Waals surface area (Å²) in [5, 5.41) is 10.8. The number of aliphatic carboxylic acids is 1. The number of benzene rings is 1. The van der Waals surface area contributed by atoms with Gasteiger partial charge in [-0.1, -0.05) is 11.6 Å². The van der Waals surface area contributed by atoms with E-state index in [2.05, 4.69) is 10.0 Å². The van der Waals surface area contributed by atoms with Gasteiger partial charge in [0, 0.05) is 5.69 Å². The van der Waals surface area contributed by atoms with Gasteiger partial charge in [0.05, 0.1) is 17.0 Å². The van der Waals surface area contributed by atoms with E-state index in [0.29, 0.717) is 0 Å². The van der Waals surface area contributed by atoms with E-state index >= 15 is 0 Å². The average Bonchev–Trinajstić information content (AvgIpc) is 2.19. The topological polar surface area (TPSA) is 113 Å². The number of halogens is 1. The summed E-state index contributed by atoms with van der Waals surface area (Å²) in [5.41, 5.74) is 0.440. The molecule has 0 radical (unpaired) electrons. The second kappa shape index (κ2) is 5.89. The Morgan fingerprint density at radius 2 is 2.00 bits per heavy atom. The molecule has 0 saturated heterocycles. The maximum atomic E-state index is 11.2. The maximum Gasteiger partial charge on any atom is 0.312 e. The van der Waals surface area contributed by atoms with Gasteiger partial charge in [0.25, 0.3) is 0 Å². The van der Waals surface area contributed by atoms with E-state index in [-0.39, 0.29) is 16.4 Å². The molecule has 104 valence electrons. The summed E-state index contributed by atoms with van der Waals surface area (Å²) in [7, 11) is -3.45. The minimum absolute atomic E-state index is 0.0820. The molecule has 1 rings (SSSR count). The molecule has 1 aromatic rings. The first-order chi connectivity index (χ1) is 8.67. The van der Waals surface area contributed by atoms with Crippen LogP contribution in [0.3, 0.4) is 0 Å². The van der Waals surface area contributed by atoms with Crippen molar-refractivity contribution in [2.75, 3.05) is 16.3 Å². The maximum absolute atomic E-state index is 11.2. The van der Waals surface area contributed by atoms with Crippen LogP contribution in [0.15, 0.2) is 18.2 Å². The SMILES string of the molecule is CS(=O)(=O)Nc1ccc(NC(=O)CC(=O)O)cc1Cl. The first-order valence-electron chi connectivity index (χ1n) is 4.96. The van der Waals surface area contributed by atoms with E-state index in [1.165, 1.54) is 18.2 Å². The third-order valence-electron chi connectivity index (χ3n) is 1.86. The normalized spacial score (nSPS) is 10.8. The second-order valence-electron chi connectivity index (χ2n) is 3.69. The number of hydrogen-bond acceptors (Lipinski definition) is 4. The first-order valence-corrected chi connectivity index (χ1v) is 7.23. The van der Waals surface area contributed by atoms with E-state index in [4.69, 9.17) is 16.7 Å². The van der Waals surface area contributed by atoms with Crippen molar-refractivity contribution in [2.24, 2.45) is 0 Å². The van der Waals surface area contributed by atoms with Crippen molar-refractivity contribution in [3.05, 3.63) is 23.2 Å². The van der Waals surface area contributed by atoms with Crippen LogP contribution in [0.25, 0.3) is 0 Å². The fourth-order valence-corrected chi connectivity index (χ4v) is 2.08. The molecular weight excluding hydrogens is 296 g/mol. The summed E-state index contributed by atoms with van der Waals surface area (Å²) in [5.74, 6) is -1.95. The van der Waals surface area contributed by atoms with Gasteiger partial charge in [-0.3, -0.25) is 14.3 Å². The predicted octanol–water partition coefficient (Wildman–Crippen LogP) is 1.12. The Hall–Kier alpha value is -1.80. The lowest BCUT2D eigenvalue weighted by Gasteiger charge is -2.09. The van der Waals surface area contributed by atoms with Gasteiger partial charge in [-0.25, -0.2) is 8.42 Å². The minimum Gasteiger partial charge on any atom is -0.481 e. The van der Waals surface area contributed by atoms with E-state index in [1.807, 2.05) is 0 Å². The summed E-state index contributed by atoms with van der Waals surface area (Å²) in [6.45, 7) is 0. The van der Waals surface area contributed by atoms with Gasteiger partial charge < -0.3 is 10.4 Å².